The maximum absolute atomic E-state index is 12.5. The maximum Gasteiger partial charge on any atom is 0.252 e. The van der Waals surface area contributed by atoms with Gasteiger partial charge in [-0.25, -0.2) is 8.42 Å². The molecule has 0 spiro atoms. The fourth-order valence-corrected chi connectivity index (χ4v) is 5.58. The summed E-state index contributed by atoms with van der Waals surface area (Å²) >= 11 is 6.92. The minimum atomic E-state index is -3.42. The van der Waals surface area contributed by atoms with Crippen molar-refractivity contribution >= 4 is 33.0 Å². The predicted molar refractivity (Wildman–Crippen MR) is 74.5 cm³/mol. The number of rotatable bonds is 3. The van der Waals surface area contributed by atoms with Gasteiger partial charge in [0.1, 0.15) is 4.21 Å². The summed E-state index contributed by atoms with van der Waals surface area (Å²) in [6.45, 7) is 2.99. The topological polar surface area (TPSA) is 63.4 Å². The second-order valence-corrected chi connectivity index (χ2v) is 8.49. The molecule has 7 heteroatoms. The molecule has 18 heavy (non-hydrogen) atoms. The van der Waals surface area contributed by atoms with Crippen molar-refractivity contribution in [3.63, 3.8) is 0 Å². The van der Waals surface area contributed by atoms with Crippen molar-refractivity contribution < 1.29 is 8.42 Å². The first-order chi connectivity index (χ1) is 8.45. The number of sulfonamides is 1. The van der Waals surface area contributed by atoms with Crippen molar-refractivity contribution in [1.29, 1.82) is 0 Å². The van der Waals surface area contributed by atoms with Crippen LogP contribution >= 0.6 is 22.9 Å². The molecule has 0 saturated carbocycles. The van der Waals surface area contributed by atoms with Gasteiger partial charge in [0.15, 0.2) is 0 Å². The Morgan fingerprint density at radius 3 is 2.78 bits per heavy atom. The highest BCUT2D eigenvalue weighted by Gasteiger charge is 2.35. The minimum Gasteiger partial charge on any atom is -0.330 e. The van der Waals surface area contributed by atoms with Crippen molar-refractivity contribution in [1.82, 2.24) is 4.31 Å². The molecule has 2 heterocycles. The van der Waals surface area contributed by atoms with E-state index in [-0.39, 0.29) is 12.0 Å². The van der Waals surface area contributed by atoms with Crippen LogP contribution in [-0.4, -0.2) is 31.9 Å². The molecule has 2 unspecified atom stereocenters. The van der Waals surface area contributed by atoms with E-state index in [4.69, 9.17) is 17.3 Å². The Balaban J connectivity index is 2.28. The van der Waals surface area contributed by atoms with Gasteiger partial charge in [0.2, 0.25) is 0 Å². The molecule has 4 nitrogen and oxygen atoms in total. The summed E-state index contributed by atoms with van der Waals surface area (Å²) in [4.78, 5) is 0. The van der Waals surface area contributed by atoms with Crippen molar-refractivity contribution in [3.8, 4) is 0 Å². The molecule has 1 aliphatic rings. The fraction of sp³-hybridized carbons (Fsp3) is 0.636. The molecule has 1 aliphatic heterocycles. The largest absolute Gasteiger partial charge is 0.330 e. The van der Waals surface area contributed by atoms with Crippen molar-refractivity contribution in [2.45, 2.75) is 30.0 Å². The van der Waals surface area contributed by atoms with E-state index in [1.54, 1.807) is 16.4 Å². The average Bonchev–Trinajstić information content (AvgIpc) is 2.77. The summed E-state index contributed by atoms with van der Waals surface area (Å²) in [7, 11) is -3.42. The number of nitrogens with two attached hydrogens (primary N) is 1. The van der Waals surface area contributed by atoms with Crippen LogP contribution in [0.5, 0.6) is 0 Å². The van der Waals surface area contributed by atoms with Gasteiger partial charge >= 0.3 is 0 Å². The molecule has 1 saturated heterocycles. The van der Waals surface area contributed by atoms with Crippen molar-refractivity contribution in [2.75, 3.05) is 13.1 Å². The Labute approximate surface area is 117 Å². The Bertz CT molecular complexity index is 515. The zero-order valence-electron chi connectivity index (χ0n) is 10.2. The van der Waals surface area contributed by atoms with Crippen LogP contribution in [0.15, 0.2) is 16.3 Å². The lowest BCUT2D eigenvalue weighted by Crippen LogP contribution is -2.46. The van der Waals surface area contributed by atoms with Crippen LogP contribution in [0.3, 0.4) is 0 Å². The summed E-state index contributed by atoms with van der Waals surface area (Å²) in [6, 6.07) is 3.22. The quantitative estimate of drug-likeness (QED) is 0.930. The predicted octanol–water partition coefficient (Wildman–Crippen LogP) is 2.15. The number of hydrogen-bond donors (Lipinski definition) is 1. The molecule has 1 aromatic rings. The number of thiophene rings is 1. The standard InChI is InChI=1S/C11H17ClN2O2S2/c1-8-2-3-9(6-13)7-14(8)18(15,16)11-5-4-10(12)17-11/h4-5,8-9H,2-3,6-7,13H2,1H3. The van der Waals surface area contributed by atoms with Crippen LogP contribution in [0.1, 0.15) is 19.8 Å². The van der Waals surface area contributed by atoms with Crippen LogP contribution in [0.2, 0.25) is 4.34 Å². The molecule has 0 amide bonds. The number of nitrogens with zero attached hydrogens (tertiary/aromatic N) is 1. The zero-order valence-corrected chi connectivity index (χ0v) is 12.6. The first-order valence-electron chi connectivity index (χ1n) is 5.92. The molecule has 0 radical (unpaired) electrons. The number of halogens is 1. The zero-order chi connectivity index (χ0) is 13.3. The third-order valence-electron chi connectivity index (χ3n) is 3.37. The Hall–Kier alpha value is -0.140. The molecule has 0 bridgehead atoms. The van der Waals surface area contributed by atoms with Gasteiger partial charge in [0.05, 0.1) is 4.34 Å². The van der Waals surface area contributed by atoms with E-state index in [0.29, 0.717) is 21.6 Å². The Morgan fingerprint density at radius 2 is 2.22 bits per heavy atom. The lowest BCUT2D eigenvalue weighted by Gasteiger charge is -2.36. The molecule has 102 valence electrons. The maximum atomic E-state index is 12.5. The summed E-state index contributed by atoms with van der Waals surface area (Å²) in [6.07, 6.45) is 1.86. The van der Waals surface area contributed by atoms with E-state index in [1.165, 1.54) is 0 Å². The summed E-state index contributed by atoms with van der Waals surface area (Å²) < 4.78 is 27.4. The van der Waals surface area contributed by atoms with Gasteiger partial charge in [-0.1, -0.05) is 11.6 Å². The van der Waals surface area contributed by atoms with Gasteiger partial charge in [0.25, 0.3) is 10.0 Å². The SMILES string of the molecule is CC1CCC(CN)CN1S(=O)(=O)c1ccc(Cl)s1. The van der Waals surface area contributed by atoms with E-state index in [9.17, 15) is 8.42 Å². The van der Waals surface area contributed by atoms with Gasteiger partial charge in [-0.2, -0.15) is 4.31 Å². The fourth-order valence-electron chi connectivity index (χ4n) is 2.23. The first-order valence-corrected chi connectivity index (χ1v) is 8.56. The van der Waals surface area contributed by atoms with E-state index < -0.39 is 10.0 Å². The molecular formula is C11H17ClN2O2S2. The normalized spacial score (nSPS) is 26.4. The van der Waals surface area contributed by atoms with Crippen LogP contribution in [-0.2, 0) is 10.0 Å². The highest BCUT2D eigenvalue weighted by Crippen LogP contribution is 2.32. The molecule has 2 atom stereocenters. The molecule has 0 aromatic carbocycles. The highest BCUT2D eigenvalue weighted by atomic mass is 35.5. The third-order valence-corrected chi connectivity index (χ3v) is 7.05. The van der Waals surface area contributed by atoms with E-state index in [0.717, 1.165) is 24.2 Å². The summed E-state index contributed by atoms with van der Waals surface area (Å²) in [5, 5.41) is 0. The van der Waals surface area contributed by atoms with Crippen LogP contribution in [0, 0.1) is 5.92 Å². The summed E-state index contributed by atoms with van der Waals surface area (Å²) in [5.74, 6) is 0.256. The second kappa shape index (κ2) is 5.46. The van der Waals surface area contributed by atoms with Gasteiger partial charge in [-0.15, -0.1) is 11.3 Å². The molecule has 0 aliphatic carbocycles. The molecule has 1 fully saturated rings. The van der Waals surface area contributed by atoms with Crippen molar-refractivity contribution in [3.05, 3.63) is 16.5 Å². The Kier molecular flexibility index (Phi) is 4.33. The minimum absolute atomic E-state index is 0.0266. The van der Waals surface area contributed by atoms with Crippen molar-refractivity contribution in [2.24, 2.45) is 11.7 Å². The van der Waals surface area contributed by atoms with Gasteiger partial charge in [0, 0.05) is 12.6 Å². The van der Waals surface area contributed by atoms with E-state index >= 15 is 0 Å². The number of hydrogen-bond acceptors (Lipinski definition) is 4. The third kappa shape index (κ3) is 2.72. The average molecular weight is 309 g/mol. The van der Waals surface area contributed by atoms with Crippen LogP contribution < -0.4 is 5.73 Å². The molecular weight excluding hydrogens is 292 g/mol. The smallest absolute Gasteiger partial charge is 0.252 e. The van der Waals surface area contributed by atoms with Crippen LogP contribution in [0.25, 0.3) is 0 Å². The lowest BCUT2D eigenvalue weighted by molar-refractivity contribution is 0.211. The van der Waals surface area contributed by atoms with E-state index in [1.807, 2.05) is 6.92 Å². The van der Waals surface area contributed by atoms with Crippen LogP contribution in [0.4, 0.5) is 0 Å². The van der Waals surface area contributed by atoms with Gasteiger partial charge in [-0.3, -0.25) is 0 Å². The number of piperidine rings is 1. The lowest BCUT2D eigenvalue weighted by atomic mass is 9.96. The monoisotopic (exact) mass is 308 g/mol. The highest BCUT2D eigenvalue weighted by molar-refractivity contribution is 7.91. The molecule has 2 N–H and O–H groups in total. The summed E-state index contributed by atoms with van der Waals surface area (Å²) in [5.41, 5.74) is 5.66. The first kappa shape index (κ1) is 14.3. The molecule has 2 rings (SSSR count). The van der Waals surface area contributed by atoms with Gasteiger partial charge < -0.3 is 5.73 Å². The Morgan fingerprint density at radius 1 is 1.50 bits per heavy atom. The van der Waals surface area contributed by atoms with E-state index in [2.05, 4.69) is 0 Å². The molecule has 1 aromatic heterocycles. The van der Waals surface area contributed by atoms with Gasteiger partial charge in [-0.05, 0) is 44.4 Å². The second-order valence-electron chi connectivity index (χ2n) is 4.66.